The molecule has 1 unspecified atom stereocenters. The first-order valence-corrected chi connectivity index (χ1v) is 4.80. The van der Waals surface area contributed by atoms with Crippen molar-refractivity contribution in [2.24, 2.45) is 5.73 Å². The Morgan fingerprint density at radius 2 is 2.29 bits per heavy atom. The molecule has 5 nitrogen and oxygen atoms in total. The van der Waals surface area contributed by atoms with Gasteiger partial charge in [-0.25, -0.2) is 4.68 Å². The van der Waals surface area contributed by atoms with Crippen LogP contribution >= 0.6 is 0 Å². The second-order valence-electron chi connectivity index (χ2n) is 4.17. The van der Waals surface area contributed by atoms with Gasteiger partial charge < -0.3 is 10.8 Å². The maximum absolute atomic E-state index is 9.56. The average molecular weight is 198 g/mol. The van der Waals surface area contributed by atoms with Crippen molar-refractivity contribution in [1.29, 1.82) is 0 Å². The molecule has 14 heavy (non-hydrogen) atoms. The van der Waals surface area contributed by atoms with E-state index in [-0.39, 0.29) is 6.04 Å². The van der Waals surface area contributed by atoms with Crippen LogP contribution in [0, 0.1) is 0 Å². The van der Waals surface area contributed by atoms with E-state index in [4.69, 9.17) is 5.73 Å². The van der Waals surface area contributed by atoms with Crippen molar-refractivity contribution in [3.05, 3.63) is 11.9 Å². The van der Waals surface area contributed by atoms with Gasteiger partial charge in [0.1, 0.15) is 0 Å². The maximum Gasteiger partial charge on any atom is 0.0994 e. The van der Waals surface area contributed by atoms with E-state index in [1.807, 2.05) is 6.92 Å². The molecule has 1 aromatic heterocycles. The van der Waals surface area contributed by atoms with Gasteiger partial charge in [-0.15, -0.1) is 5.10 Å². The van der Waals surface area contributed by atoms with Crippen molar-refractivity contribution in [2.75, 3.05) is 0 Å². The number of hydrogen-bond donors (Lipinski definition) is 2. The number of nitrogens with zero attached hydrogens (tertiary/aromatic N) is 3. The van der Waals surface area contributed by atoms with Crippen molar-refractivity contribution >= 4 is 0 Å². The first kappa shape index (κ1) is 11.1. The molecular formula is C9H18N4O. The van der Waals surface area contributed by atoms with Crippen molar-refractivity contribution in [3.8, 4) is 0 Å². The third-order valence-electron chi connectivity index (χ3n) is 1.93. The summed E-state index contributed by atoms with van der Waals surface area (Å²) in [5.41, 5.74) is 5.79. The topological polar surface area (TPSA) is 77.0 Å². The Balaban J connectivity index is 2.69. The summed E-state index contributed by atoms with van der Waals surface area (Å²) in [5, 5.41) is 17.4. The minimum absolute atomic E-state index is 0.0643. The number of nitrogens with two attached hydrogens (primary N) is 1. The lowest BCUT2D eigenvalue weighted by Gasteiger charge is -2.15. The van der Waals surface area contributed by atoms with Crippen LogP contribution in [0.5, 0.6) is 0 Å². The molecule has 1 aromatic rings. The molecule has 0 aliphatic rings. The van der Waals surface area contributed by atoms with Gasteiger partial charge >= 0.3 is 0 Å². The molecule has 0 aliphatic carbocycles. The fourth-order valence-corrected chi connectivity index (χ4v) is 1.17. The van der Waals surface area contributed by atoms with Gasteiger partial charge in [0.2, 0.25) is 0 Å². The lowest BCUT2D eigenvalue weighted by atomic mass is 10.1. The van der Waals surface area contributed by atoms with Crippen LogP contribution in [-0.2, 0) is 6.54 Å². The quantitative estimate of drug-likeness (QED) is 0.736. The van der Waals surface area contributed by atoms with Gasteiger partial charge in [-0.05, 0) is 20.3 Å². The SMILES string of the molecule is CCC(N)c1cn(CC(C)(C)O)nn1. The van der Waals surface area contributed by atoms with Crippen LogP contribution < -0.4 is 5.73 Å². The molecule has 0 amide bonds. The van der Waals surface area contributed by atoms with Gasteiger partial charge in [0.15, 0.2) is 0 Å². The monoisotopic (exact) mass is 198 g/mol. The number of rotatable bonds is 4. The minimum Gasteiger partial charge on any atom is -0.389 e. The van der Waals surface area contributed by atoms with Crippen LogP contribution in [0.25, 0.3) is 0 Å². The van der Waals surface area contributed by atoms with Gasteiger partial charge in [0.05, 0.1) is 30.1 Å². The first-order chi connectivity index (χ1) is 6.42. The Morgan fingerprint density at radius 1 is 1.64 bits per heavy atom. The molecule has 0 bridgehead atoms. The molecule has 0 spiro atoms. The zero-order valence-electron chi connectivity index (χ0n) is 8.94. The number of hydrogen-bond acceptors (Lipinski definition) is 4. The second kappa shape index (κ2) is 4.06. The Bertz CT molecular complexity index is 289. The standard InChI is InChI=1S/C9H18N4O/c1-4-7(10)8-5-13(12-11-8)6-9(2,3)14/h5,7,14H,4,6,10H2,1-3H3. The van der Waals surface area contributed by atoms with Crippen LogP contribution in [0.4, 0.5) is 0 Å². The molecular weight excluding hydrogens is 180 g/mol. The van der Waals surface area contributed by atoms with Crippen LogP contribution in [0.3, 0.4) is 0 Å². The molecule has 0 saturated heterocycles. The molecule has 1 atom stereocenters. The molecule has 0 saturated carbocycles. The minimum atomic E-state index is -0.777. The smallest absolute Gasteiger partial charge is 0.0994 e. The zero-order chi connectivity index (χ0) is 10.8. The Kier molecular flexibility index (Phi) is 3.23. The summed E-state index contributed by atoms with van der Waals surface area (Å²) < 4.78 is 1.62. The third-order valence-corrected chi connectivity index (χ3v) is 1.93. The predicted octanol–water partition coefficient (Wildman–Crippen LogP) is 0.459. The highest BCUT2D eigenvalue weighted by atomic mass is 16.3. The predicted molar refractivity (Wildman–Crippen MR) is 53.5 cm³/mol. The Labute approximate surface area is 83.9 Å². The lowest BCUT2D eigenvalue weighted by Crippen LogP contribution is -2.26. The normalized spacial score (nSPS) is 14.4. The molecule has 1 rings (SSSR count). The Hall–Kier alpha value is -0.940. The average Bonchev–Trinajstić information content (AvgIpc) is 2.48. The van der Waals surface area contributed by atoms with Crippen LogP contribution in [0.1, 0.15) is 38.9 Å². The van der Waals surface area contributed by atoms with Crippen molar-refractivity contribution in [3.63, 3.8) is 0 Å². The van der Waals surface area contributed by atoms with Crippen LogP contribution in [0.15, 0.2) is 6.20 Å². The van der Waals surface area contributed by atoms with E-state index in [0.717, 1.165) is 12.1 Å². The molecule has 5 heteroatoms. The number of aromatic nitrogens is 3. The maximum atomic E-state index is 9.56. The van der Waals surface area contributed by atoms with E-state index in [9.17, 15) is 5.11 Å². The number of aliphatic hydroxyl groups is 1. The molecule has 0 fully saturated rings. The van der Waals surface area contributed by atoms with E-state index in [2.05, 4.69) is 10.3 Å². The highest BCUT2D eigenvalue weighted by Crippen LogP contribution is 2.11. The molecule has 1 heterocycles. The second-order valence-corrected chi connectivity index (χ2v) is 4.17. The highest BCUT2D eigenvalue weighted by molar-refractivity contribution is 4.99. The van der Waals surface area contributed by atoms with E-state index in [0.29, 0.717) is 6.54 Å². The molecule has 0 radical (unpaired) electrons. The summed E-state index contributed by atoms with van der Waals surface area (Å²) in [4.78, 5) is 0. The van der Waals surface area contributed by atoms with E-state index < -0.39 is 5.60 Å². The first-order valence-electron chi connectivity index (χ1n) is 4.80. The van der Waals surface area contributed by atoms with E-state index in [1.54, 1.807) is 24.7 Å². The summed E-state index contributed by atoms with van der Waals surface area (Å²) in [6, 6.07) is -0.0643. The molecule has 80 valence electrons. The summed E-state index contributed by atoms with van der Waals surface area (Å²) in [5.74, 6) is 0. The third kappa shape index (κ3) is 3.08. The van der Waals surface area contributed by atoms with Gasteiger partial charge in [0, 0.05) is 0 Å². The summed E-state index contributed by atoms with van der Waals surface area (Å²) in [6.45, 7) is 5.89. The highest BCUT2D eigenvalue weighted by Gasteiger charge is 2.15. The van der Waals surface area contributed by atoms with Gasteiger partial charge in [-0.1, -0.05) is 12.1 Å². The summed E-state index contributed by atoms with van der Waals surface area (Å²) in [7, 11) is 0. The van der Waals surface area contributed by atoms with E-state index in [1.165, 1.54) is 0 Å². The summed E-state index contributed by atoms with van der Waals surface area (Å²) in [6.07, 6.45) is 2.62. The Morgan fingerprint density at radius 3 is 2.79 bits per heavy atom. The van der Waals surface area contributed by atoms with Crippen LogP contribution in [0.2, 0.25) is 0 Å². The van der Waals surface area contributed by atoms with Crippen molar-refractivity contribution in [1.82, 2.24) is 15.0 Å². The molecule has 0 aromatic carbocycles. The van der Waals surface area contributed by atoms with Crippen molar-refractivity contribution < 1.29 is 5.11 Å². The van der Waals surface area contributed by atoms with E-state index >= 15 is 0 Å². The van der Waals surface area contributed by atoms with Gasteiger partial charge in [-0.3, -0.25) is 0 Å². The molecule has 3 N–H and O–H groups in total. The van der Waals surface area contributed by atoms with Gasteiger partial charge in [-0.2, -0.15) is 0 Å². The van der Waals surface area contributed by atoms with Crippen molar-refractivity contribution in [2.45, 2.75) is 45.4 Å². The zero-order valence-corrected chi connectivity index (χ0v) is 8.94. The fourth-order valence-electron chi connectivity index (χ4n) is 1.17. The molecule has 0 aliphatic heterocycles. The summed E-state index contributed by atoms with van der Waals surface area (Å²) >= 11 is 0. The van der Waals surface area contributed by atoms with Crippen LogP contribution in [-0.4, -0.2) is 25.7 Å². The fraction of sp³-hybridized carbons (Fsp3) is 0.778. The van der Waals surface area contributed by atoms with Gasteiger partial charge in [0.25, 0.3) is 0 Å². The largest absolute Gasteiger partial charge is 0.389 e. The lowest BCUT2D eigenvalue weighted by molar-refractivity contribution is 0.0571.